The van der Waals surface area contributed by atoms with Gasteiger partial charge < -0.3 is 10.8 Å². The van der Waals surface area contributed by atoms with Gasteiger partial charge in [0, 0.05) is 6.04 Å². The highest BCUT2D eigenvalue weighted by molar-refractivity contribution is 7.89. The summed E-state index contributed by atoms with van der Waals surface area (Å²) in [5, 5.41) is 9.84. The molecule has 4 N–H and O–H groups in total. The fourth-order valence-corrected chi connectivity index (χ4v) is 4.04. The molecule has 0 spiro atoms. The molecular formula is C13H19FN2O3S. The predicted molar refractivity (Wildman–Crippen MR) is 74.1 cm³/mol. The van der Waals surface area contributed by atoms with Gasteiger partial charge in [-0.3, -0.25) is 0 Å². The number of aliphatic hydroxyl groups excluding tert-OH is 1. The molecule has 2 atom stereocenters. The van der Waals surface area contributed by atoms with Crippen LogP contribution < -0.4 is 10.5 Å². The molecule has 1 aliphatic rings. The summed E-state index contributed by atoms with van der Waals surface area (Å²) >= 11 is 0. The second kappa shape index (κ2) is 5.67. The first-order chi connectivity index (χ1) is 9.31. The van der Waals surface area contributed by atoms with E-state index in [2.05, 4.69) is 4.72 Å². The number of hydrogen-bond donors (Lipinski definition) is 3. The van der Waals surface area contributed by atoms with Crippen molar-refractivity contribution < 1.29 is 17.9 Å². The third-order valence-electron chi connectivity index (χ3n) is 3.62. The molecule has 112 valence electrons. The summed E-state index contributed by atoms with van der Waals surface area (Å²) < 4.78 is 40.4. The van der Waals surface area contributed by atoms with Gasteiger partial charge >= 0.3 is 0 Å². The third-order valence-corrected chi connectivity index (χ3v) is 5.25. The first-order valence-corrected chi connectivity index (χ1v) is 8.05. The molecule has 5 nitrogen and oxygen atoms in total. The zero-order chi connectivity index (χ0) is 14.9. The molecule has 0 radical (unpaired) electrons. The maximum absolute atomic E-state index is 13.3. The molecule has 1 fully saturated rings. The van der Waals surface area contributed by atoms with Crippen molar-refractivity contribution in [3.8, 4) is 0 Å². The fraction of sp³-hybridized carbons (Fsp3) is 0.538. The van der Waals surface area contributed by atoms with Crippen molar-refractivity contribution in [3.05, 3.63) is 23.5 Å². The number of nitrogens with one attached hydrogen (secondary N) is 1. The molecule has 1 aromatic carbocycles. The molecule has 1 aromatic rings. The van der Waals surface area contributed by atoms with Gasteiger partial charge in [0.05, 0.1) is 16.7 Å². The SMILES string of the molecule is Cc1cc(F)c(N)cc1S(=O)(=O)NC1CCCCC1O. The van der Waals surface area contributed by atoms with E-state index in [1.165, 1.54) is 6.92 Å². The number of halogens is 1. The summed E-state index contributed by atoms with van der Waals surface area (Å²) in [6.45, 7) is 1.51. The van der Waals surface area contributed by atoms with Crippen LogP contribution in [0.25, 0.3) is 0 Å². The second-order valence-electron chi connectivity index (χ2n) is 5.22. The van der Waals surface area contributed by atoms with Crippen LogP contribution in [0.15, 0.2) is 17.0 Å². The number of aryl methyl sites for hydroxylation is 1. The number of rotatable bonds is 3. The number of hydrogen-bond acceptors (Lipinski definition) is 4. The van der Waals surface area contributed by atoms with Crippen LogP contribution in [0, 0.1) is 12.7 Å². The van der Waals surface area contributed by atoms with E-state index in [0.717, 1.165) is 25.0 Å². The molecule has 0 heterocycles. The molecule has 0 aromatic heterocycles. The Morgan fingerprint density at radius 3 is 2.65 bits per heavy atom. The Hall–Kier alpha value is -1.18. The van der Waals surface area contributed by atoms with Gasteiger partial charge in [-0.15, -0.1) is 0 Å². The number of sulfonamides is 1. The van der Waals surface area contributed by atoms with Crippen LogP contribution in [-0.4, -0.2) is 25.7 Å². The first-order valence-electron chi connectivity index (χ1n) is 6.57. The van der Waals surface area contributed by atoms with Crippen LogP contribution >= 0.6 is 0 Å². The van der Waals surface area contributed by atoms with Crippen LogP contribution in [0.5, 0.6) is 0 Å². The van der Waals surface area contributed by atoms with Gasteiger partial charge in [-0.2, -0.15) is 0 Å². The average Bonchev–Trinajstić information content (AvgIpc) is 2.36. The average molecular weight is 302 g/mol. The van der Waals surface area contributed by atoms with Crippen molar-refractivity contribution in [3.63, 3.8) is 0 Å². The van der Waals surface area contributed by atoms with E-state index in [-0.39, 0.29) is 16.1 Å². The van der Waals surface area contributed by atoms with Crippen molar-refractivity contribution in [2.24, 2.45) is 0 Å². The van der Waals surface area contributed by atoms with Crippen LogP contribution in [0.1, 0.15) is 31.2 Å². The Bertz CT molecular complexity index is 604. The summed E-state index contributed by atoms with van der Waals surface area (Å²) in [5.74, 6) is -0.640. The lowest BCUT2D eigenvalue weighted by atomic mass is 9.93. The summed E-state index contributed by atoms with van der Waals surface area (Å²) in [4.78, 5) is -0.0471. The standard InChI is InChI=1S/C13H19FN2O3S/c1-8-6-9(14)10(15)7-13(8)20(18,19)16-11-4-2-3-5-12(11)17/h6-7,11-12,16-17H,2-5,15H2,1H3. The van der Waals surface area contributed by atoms with E-state index in [4.69, 9.17) is 5.73 Å². The summed E-state index contributed by atoms with van der Waals surface area (Å²) in [7, 11) is -3.82. The van der Waals surface area contributed by atoms with Crippen molar-refractivity contribution >= 4 is 15.7 Å². The Balaban J connectivity index is 2.28. The largest absolute Gasteiger partial charge is 0.396 e. The van der Waals surface area contributed by atoms with E-state index < -0.39 is 28.0 Å². The Morgan fingerprint density at radius 1 is 1.35 bits per heavy atom. The van der Waals surface area contributed by atoms with Gasteiger partial charge in [-0.25, -0.2) is 17.5 Å². The summed E-state index contributed by atoms with van der Waals surface area (Å²) in [6, 6.07) is 1.71. The molecule has 2 unspecified atom stereocenters. The monoisotopic (exact) mass is 302 g/mol. The fourth-order valence-electron chi connectivity index (χ4n) is 2.47. The van der Waals surface area contributed by atoms with E-state index in [1.54, 1.807) is 0 Å². The first kappa shape index (κ1) is 15.2. The van der Waals surface area contributed by atoms with Crippen LogP contribution in [0.3, 0.4) is 0 Å². The van der Waals surface area contributed by atoms with Gasteiger partial charge in [-0.05, 0) is 37.5 Å². The zero-order valence-corrected chi connectivity index (χ0v) is 12.1. The lowest BCUT2D eigenvalue weighted by Crippen LogP contribution is -2.45. The van der Waals surface area contributed by atoms with Crippen molar-refractivity contribution in [2.45, 2.75) is 49.6 Å². The number of anilines is 1. The quantitative estimate of drug-likeness (QED) is 0.734. The van der Waals surface area contributed by atoms with Gasteiger partial charge in [0.25, 0.3) is 0 Å². The highest BCUT2D eigenvalue weighted by atomic mass is 32.2. The third kappa shape index (κ3) is 3.11. The van der Waals surface area contributed by atoms with Crippen molar-refractivity contribution in [1.29, 1.82) is 0 Å². The molecule has 0 bridgehead atoms. The second-order valence-corrected chi connectivity index (χ2v) is 6.90. The van der Waals surface area contributed by atoms with Crippen LogP contribution in [0.4, 0.5) is 10.1 Å². The number of aliphatic hydroxyl groups is 1. The number of benzene rings is 1. The molecule has 0 saturated heterocycles. The van der Waals surface area contributed by atoms with Crippen LogP contribution in [-0.2, 0) is 10.0 Å². The van der Waals surface area contributed by atoms with Gasteiger partial charge in [-0.1, -0.05) is 12.8 Å². The minimum atomic E-state index is -3.82. The Kier molecular flexibility index (Phi) is 4.31. The lowest BCUT2D eigenvalue weighted by molar-refractivity contribution is 0.101. The topological polar surface area (TPSA) is 92.4 Å². The maximum Gasteiger partial charge on any atom is 0.241 e. The van der Waals surface area contributed by atoms with E-state index in [9.17, 15) is 17.9 Å². The van der Waals surface area contributed by atoms with Crippen molar-refractivity contribution in [2.75, 3.05) is 5.73 Å². The molecular weight excluding hydrogens is 283 g/mol. The minimum Gasteiger partial charge on any atom is -0.396 e. The molecule has 0 amide bonds. The van der Waals surface area contributed by atoms with Crippen LogP contribution in [0.2, 0.25) is 0 Å². The summed E-state index contributed by atoms with van der Waals surface area (Å²) in [5.41, 5.74) is 5.51. The Labute approximate surface area is 118 Å². The lowest BCUT2D eigenvalue weighted by Gasteiger charge is -2.28. The number of nitrogen functional groups attached to an aromatic ring is 1. The highest BCUT2D eigenvalue weighted by Gasteiger charge is 2.29. The molecule has 20 heavy (non-hydrogen) atoms. The van der Waals surface area contributed by atoms with Gasteiger partial charge in [0.1, 0.15) is 5.82 Å². The molecule has 2 rings (SSSR count). The van der Waals surface area contributed by atoms with E-state index in [0.29, 0.717) is 12.8 Å². The molecule has 1 saturated carbocycles. The highest BCUT2D eigenvalue weighted by Crippen LogP contribution is 2.24. The van der Waals surface area contributed by atoms with Gasteiger partial charge in [0.2, 0.25) is 10.0 Å². The van der Waals surface area contributed by atoms with Gasteiger partial charge in [0.15, 0.2) is 0 Å². The van der Waals surface area contributed by atoms with E-state index in [1.807, 2.05) is 0 Å². The predicted octanol–water partition coefficient (Wildman–Crippen LogP) is 1.30. The normalized spacial score (nSPS) is 23.8. The van der Waals surface area contributed by atoms with Crippen molar-refractivity contribution in [1.82, 2.24) is 4.72 Å². The molecule has 0 aliphatic heterocycles. The minimum absolute atomic E-state index is 0.0471. The maximum atomic E-state index is 13.3. The zero-order valence-electron chi connectivity index (χ0n) is 11.3. The molecule has 7 heteroatoms. The number of nitrogens with two attached hydrogens (primary N) is 1. The Morgan fingerprint density at radius 2 is 2.00 bits per heavy atom. The summed E-state index contributed by atoms with van der Waals surface area (Å²) in [6.07, 6.45) is 2.25. The van der Waals surface area contributed by atoms with E-state index >= 15 is 0 Å². The molecule has 1 aliphatic carbocycles. The smallest absolute Gasteiger partial charge is 0.241 e.